The van der Waals surface area contributed by atoms with Crippen molar-refractivity contribution in [2.75, 3.05) is 6.54 Å². The number of aromatic nitrogens is 1. The molecule has 2 aromatic rings. The summed E-state index contributed by atoms with van der Waals surface area (Å²) in [5.74, 6) is -0.796. The molecule has 0 radical (unpaired) electrons. The van der Waals surface area contributed by atoms with Crippen molar-refractivity contribution in [3.63, 3.8) is 0 Å². The van der Waals surface area contributed by atoms with Crippen LogP contribution >= 0.6 is 23.2 Å². The lowest BCUT2D eigenvalue weighted by Crippen LogP contribution is -2.29. The van der Waals surface area contributed by atoms with Crippen LogP contribution in [0.1, 0.15) is 22.2 Å². The summed E-state index contributed by atoms with van der Waals surface area (Å²) in [4.78, 5) is 12.0. The largest absolute Gasteiger partial charge is 0.387 e. The van der Waals surface area contributed by atoms with Gasteiger partial charge in [0.15, 0.2) is 0 Å². The summed E-state index contributed by atoms with van der Waals surface area (Å²) in [6, 6.07) is 6.86. The van der Waals surface area contributed by atoms with Gasteiger partial charge in [-0.1, -0.05) is 35.3 Å². The number of benzene rings is 1. The van der Waals surface area contributed by atoms with Crippen LogP contribution in [0.3, 0.4) is 0 Å². The third-order valence-corrected chi connectivity index (χ3v) is 3.90. The third kappa shape index (κ3) is 3.56. The molecule has 0 spiro atoms. The number of carbonyl (C=O) groups excluding carboxylic acids is 1. The van der Waals surface area contributed by atoms with Crippen molar-refractivity contribution in [2.24, 2.45) is 7.05 Å². The topological polar surface area (TPSA) is 54.3 Å². The molecule has 0 aliphatic heterocycles. The number of hydrogen-bond donors (Lipinski definition) is 2. The average Bonchev–Trinajstić information content (AvgIpc) is 2.73. The number of rotatable bonds is 4. The van der Waals surface area contributed by atoms with Crippen LogP contribution in [0.5, 0.6) is 0 Å². The van der Waals surface area contributed by atoms with Crippen LogP contribution in [0, 0.1) is 5.82 Å². The molecule has 0 bridgehead atoms. The van der Waals surface area contributed by atoms with Crippen molar-refractivity contribution in [1.29, 1.82) is 0 Å². The first-order valence-corrected chi connectivity index (χ1v) is 6.88. The van der Waals surface area contributed by atoms with E-state index in [1.165, 1.54) is 34.9 Å². The van der Waals surface area contributed by atoms with Crippen LogP contribution in [0.25, 0.3) is 0 Å². The lowest BCUT2D eigenvalue weighted by Gasteiger charge is -2.12. The second-order valence-electron chi connectivity index (χ2n) is 4.50. The van der Waals surface area contributed by atoms with E-state index in [2.05, 4.69) is 5.32 Å². The predicted molar refractivity (Wildman–Crippen MR) is 79.1 cm³/mol. The highest BCUT2D eigenvalue weighted by Crippen LogP contribution is 2.25. The molecule has 2 N–H and O–H groups in total. The number of hydrogen-bond acceptors (Lipinski definition) is 2. The lowest BCUT2D eigenvalue weighted by atomic mass is 10.1. The van der Waals surface area contributed by atoms with E-state index in [1.54, 1.807) is 7.05 Å². The Morgan fingerprint density at radius 1 is 1.38 bits per heavy atom. The Kier molecular flexibility index (Phi) is 4.88. The fraction of sp³-hybridized carbons (Fsp3) is 0.214. The number of nitrogens with one attached hydrogen (secondary N) is 1. The Morgan fingerprint density at radius 2 is 2.00 bits per heavy atom. The minimum absolute atomic E-state index is 0.00904. The van der Waals surface area contributed by atoms with Crippen molar-refractivity contribution in [1.82, 2.24) is 9.88 Å². The summed E-state index contributed by atoms with van der Waals surface area (Å²) >= 11 is 11.7. The fourth-order valence-electron chi connectivity index (χ4n) is 1.84. The van der Waals surface area contributed by atoms with Crippen molar-refractivity contribution < 1.29 is 14.3 Å². The van der Waals surface area contributed by atoms with E-state index in [4.69, 9.17) is 23.2 Å². The van der Waals surface area contributed by atoms with Crippen LogP contribution in [0.2, 0.25) is 10.2 Å². The quantitative estimate of drug-likeness (QED) is 0.905. The van der Waals surface area contributed by atoms with Gasteiger partial charge in [0.25, 0.3) is 5.91 Å². The Morgan fingerprint density at radius 3 is 2.52 bits per heavy atom. The second kappa shape index (κ2) is 6.47. The van der Waals surface area contributed by atoms with E-state index in [-0.39, 0.29) is 28.2 Å². The molecule has 1 aromatic carbocycles. The van der Waals surface area contributed by atoms with Gasteiger partial charge in [-0.15, -0.1) is 0 Å². The van der Waals surface area contributed by atoms with E-state index < -0.39 is 12.0 Å². The summed E-state index contributed by atoms with van der Waals surface area (Å²) in [5, 5.41) is 13.1. The van der Waals surface area contributed by atoms with E-state index in [1.807, 2.05) is 0 Å². The first-order valence-electron chi connectivity index (χ1n) is 6.12. The smallest absolute Gasteiger partial charge is 0.268 e. The number of amides is 1. The summed E-state index contributed by atoms with van der Waals surface area (Å²) < 4.78 is 14.2. The Labute approximate surface area is 131 Å². The minimum Gasteiger partial charge on any atom is -0.387 e. The molecule has 1 aromatic heterocycles. The number of aliphatic hydroxyl groups excluding tert-OH is 1. The molecule has 0 fully saturated rings. The molecule has 0 aliphatic rings. The molecule has 1 amide bonds. The molecule has 4 nitrogen and oxygen atoms in total. The first kappa shape index (κ1) is 15.8. The van der Waals surface area contributed by atoms with E-state index in [0.29, 0.717) is 5.56 Å². The monoisotopic (exact) mass is 330 g/mol. The molecule has 0 saturated carbocycles. The molecule has 1 unspecified atom stereocenters. The van der Waals surface area contributed by atoms with Crippen LogP contribution in [-0.4, -0.2) is 22.1 Å². The van der Waals surface area contributed by atoms with E-state index >= 15 is 0 Å². The molecular formula is C14H13Cl2FN2O2. The highest BCUT2D eigenvalue weighted by atomic mass is 35.5. The first-order chi connectivity index (χ1) is 9.90. The van der Waals surface area contributed by atoms with Gasteiger partial charge in [0.2, 0.25) is 0 Å². The van der Waals surface area contributed by atoms with E-state index in [0.717, 1.165) is 0 Å². The summed E-state index contributed by atoms with van der Waals surface area (Å²) in [7, 11) is 1.61. The Balaban J connectivity index is 2.00. The van der Waals surface area contributed by atoms with Gasteiger partial charge in [-0.05, 0) is 23.8 Å². The molecule has 0 aliphatic carbocycles. The third-order valence-electron chi connectivity index (χ3n) is 3.06. The summed E-state index contributed by atoms with van der Waals surface area (Å²) in [6.45, 7) is -0.00904. The molecule has 0 saturated heterocycles. The summed E-state index contributed by atoms with van der Waals surface area (Å²) in [5.41, 5.74) is 0.802. The SMILES string of the molecule is Cn1c(C(=O)NCC(O)c2ccc(F)cc2)cc(Cl)c1Cl. The zero-order valence-corrected chi connectivity index (χ0v) is 12.6. The maximum absolute atomic E-state index is 12.8. The second-order valence-corrected chi connectivity index (χ2v) is 5.27. The van der Waals surface area contributed by atoms with Gasteiger partial charge < -0.3 is 15.0 Å². The van der Waals surface area contributed by atoms with Gasteiger partial charge in [-0.25, -0.2) is 4.39 Å². The molecular weight excluding hydrogens is 318 g/mol. The zero-order valence-electron chi connectivity index (χ0n) is 11.1. The van der Waals surface area contributed by atoms with Crippen molar-refractivity contribution in [3.05, 3.63) is 57.6 Å². The predicted octanol–water partition coefficient (Wildman–Crippen LogP) is 2.93. The van der Waals surface area contributed by atoms with Crippen LogP contribution in [-0.2, 0) is 7.05 Å². The number of carbonyl (C=O) groups is 1. The average molecular weight is 331 g/mol. The van der Waals surface area contributed by atoms with E-state index in [9.17, 15) is 14.3 Å². The molecule has 1 heterocycles. The molecule has 112 valence electrons. The number of nitrogens with zero attached hydrogens (tertiary/aromatic N) is 1. The van der Waals surface area contributed by atoms with Crippen molar-refractivity contribution in [2.45, 2.75) is 6.10 Å². The molecule has 2 rings (SSSR count). The van der Waals surface area contributed by atoms with Crippen molar-refractivity contribution >= 4 is 29.1 Å². The van der Waals surface area contributed by atoms with Gasteiger partial charge in [0.1, 0.15) is 16.7 Å². The lowest BCUT2D eigenvalue weighted by molar-refractivity contribution is 0.0908. The van der Waals surface area contributed by atoms with Gasteiger partial charge in [0.05, 0.1) is 11.1 Å². The van der Waals surface area contributed by atoms with Gasteiger partial charge in [0, 0.05) is 13.6 Å². The molecule has 21 heavy (non-hydrogen) atoms. The highest BCUT2D eigenvalue weighted by molar-refractivity contribution is 6.41. The highest BCUT2D eigenvalue weighted by Gasteiger charge is 2.17. The maximum atomic E-state index is 12.8. The molecule has 1 atom stereocenters. The van der Waals surface area contributed by atoms with Crippen molar-refractivity contribution in [3.8, 4) is 0 Å². The van der Waals surface area contributed by atoms with Crippen LogP contribution in [0.15, 0.2) is 30.3 Å². The number of halogens is 3. The Hall–Kier alpha value is -1.56. The maximum Gasteiger partial charge on any atom is 0.268 e. The van der Waals surface area contributed by atoms with Gasteiger partial charge in [-0.3, -0.25) is 4.79 Å². The minimum atomic E-state index is -0.930. The Bertz CT molecular complexity index is 656. The molecule has 7 heteroatoms. The fourth-order valence-corrected chi connectivity index (χ4v) is 2.22. The summed E-state index contributed by atoms with van der Waals surface area (Å²) in [6.07, 6.45) is -0.930. The standard InChI is InChI=1S/C14H13Cl2FN2O2/c1-19-11(6-10(15)13(19)16)14(21)18-7-12(20)8-2-4-9(17)5-3-8/h2-6,12,20H,7H2,1H3,(H,18,21). The normalized spacial score (nSPS) is 12.2. The zero-order chi connectivity index (χ0) is 15.6. The van der Waals surface area contributed by atoms with Gasteiger partial charge in [-0.2, -0.15) is 0 Å². The van der Waals surface area contributed by atoms with Crippen LogP contribution < -0.4 is 5.32 Å². The van der Waals surface area contributed by atoms with Gasteiger partial charge >= 0.3 is 0 Å². The van der Waals surface area contributed by atoms with Crippen LogP contribution in [0.4, 0.5) is 4.39 Å². The number of aliphatic hydroxyl groups is 1.